The molecule has 5 heteroatoms. The van der Waals surface area contributed by atoms with Gasteiger partial charge in [0, 0.05) is 51.5 Å². The highest BCUT2D eigenvalue weighted by Crippen LogP contribution is 2.42. The maximum Gasteiger partial charge on any atom is 0.248 e. The van der Waals surface area contributed by atoms with Gasteiger partial charge in [-0.05, 0) is 80.9 Å². The van der Waals surface area contributed by atoms with E-state index in [-0.39, 0.29) is 0 Å². The first-order valence-corrected chi connectivity index (χ1v) is 19.9. The van der Waals surface area contributed by atoms with Gasteiger partial charge in [-0.25, -0.2) is 0 Å². The summed E-state index contributed by atoms with van der Waals surface area (Å²) in [6.07, 6.45) is 0. The van der Waals surface area contributed by atoms with Crippen LogP contribution in [0, 0.1) is 0 Å². The third-order valence-electron chi connectivity index (χ3n) is 10.6. The van der Waals surface area contributed by atoms with E-state index in [1.54, 1.807) is 0 Å². The topological polar surface area (TPSA) is 38.9 Å². The van der Waals surface area contributed by atoms with Crippen LogP contribution in [0.1, 0.15) is 0 Å². The van der Waals surface area contributed by atoms with E-state index in [0.717, 1.165) is 33.4 Å². The van der Waals surface area contributed by atoms with Crippen molar-refractivity contribution in [3.05, 3.63) is 182 Å². The van der Waals surface area contributed by atoms with E-state index in [4.69, 9.17) is 4.42 Å². The Labute approximate surface area is 325 Å². The fourth-order valence-electron chi connectivity index (χ4n) is 7.70. The van der Waals surface area contributed by atoms with Crippen molar-refractivity contribution in [1.82, 2.24) is 10.2 Å². The third kappa shape index (κ3) is 5.56. The fourth-order valence-corrected chi connectivity index (χ4v) is 10.2. The second kappa shape index (κ2) is 13.0. The Morgan fingerprint density at radius 1 is 0.291 bits per heavy atom. The quantitative estimate of drug-likeness (QED) is 0.170. The number of hydrogen-bond donors (Lipinski definition) is 0. The largest absolute Gasteiger partial charge is 0.416 e. The van der Waals surface area contributed by atoms with Gasteiger partial charge < -0.3 is 4.42 Å². The Bertz CT molecular complexity index is 2960. The minimum absolute atomic E-state index is 0.502. The van der Waals surface area contributed by atoms with Crippen molar-refractivity contribution in [1.29, 1.82) is 0 Å². The van der Waals surface area contributed by atoms with Crippen LogP contribution in [0.3, 0.4) is 0 Å². The zero-order valence-electron chi connectivity index (χ0n) is 29.4. The molecule has 0 amide bonds. The molecular weight excluding hydrogens is 709 g/mol. The molecule has 0 fully saturated rings. The second-order valence-corrected chi connectivity index (χ2v) is 15.9. The van der Waals surface area contributed by atoms with Gasteiger partial charge in [0.05, 0.1) is 0 Å². The maximum absolute atomic E-state index is 6.17. The molecule has 258 valence electrons. The normalized spacial score (nSPS) is 11.6. The van der Waals surface area contributed by atoms with Crippen molar-refractivity contribution in [3.63, 3.8) is 0 Å². The van der Waals surface area contributed by atoms with Crippen LogP contribution in [0.4, 0.5) is 0 Å². The van der Waals surface area contributed by atoms with Gasteiger partial charge >= 0.3 is 0 Å². The molecule has 3 heterocycles. The summed E-state index contributed by atoms with van der Waals surface area (Å²) in [5.41, 5.74) is 11.4. The molecule has 0 aliphatic carbocycles. The number of benzene rings is 8. The summed E-state index contributed by atoms with van der Waals surface area (Å²) in [6, 6.07) is 64.9. The number of fused-ring (bicyclic) bond motifs is 6. The third-order valence-corrected chi connectivity index (χ3v) is 13.0. The van der Waals surface area contributed by atoms with Gasteiger partial charge in [0.15, 0.2) is 0 Å². The number of aromatic nitrogens is 2. The summed E-state index contributed by atoms with van der Waals surface area (Å²) in [6.45, 7) is 0. The Morgan fingerprint density at radius 2 is 0.618 bits per heavy atom. The summed E-state index contributed by atoms with van der Waals surface area (Å²) in [4.78, 5) is 0. The number of rotatable bonds is 6. The van der Waals surface area contributed by atoms with Crippen molar-refractivity contribution in [3.8, 4) is 67.4 Å². The molecule has 0 atom stereocenters. The number of nitrogens with zero attached hydrogens (tertiary/aromatic N) is 2. The van der Waals surface area contributed by atoms with Gasteiger partial charge in [-0.1, -0.05) is 146 Å². The molecule has 8 aromatic carbocycles. The van der Waals surface area contributed by atoms with E-state index < -0.39 is 0 Å². The first kappa shape index (κ1) is 31.8. The highest BCUT2D eigenvalue weighted by atomic mass is 32.1. The maximum atomic E-state index is 6.17. The van der Waals surface area contributed by atoms with Crippen LogP contribution in [-0.2, 0) is 0 Å². The Hall–Kier alpha value is -6.66. The molecule has 11 aromatic rings. The van der Waals surface area contributed by atoms with E-state index in [1.807, 2.05) is 46.9 Å². The monoisotopic (exact) mass is 738 g/mol. The van der Waals surface area contributed by atoms with E-state index in [9.17, 15) is 0 Å². The van der Waals surface area contributed by atoms with Gasteiger partial charge in [0.25, 0.3) is 0 Å². The second-order valence-electron chi connectivity index (χ2n) is 13.8. The molecule has 11 rings (SSSR count). The number of hydrogen-bond acceptors (Lipinski definition) is 5. The van der Waals surface area contributed by atoms with Gasteiger partial charge in [0.2, 0.25) is 11.8 Å². The van der Waals surface area contributed by atoms with Gasteiger partial charge in [0.1, 0.15) is 0 Å². The molecule has 0 spiro atoms. The highest BCUT2D eigenvalue weighted by molar-refractivity contribution is 7.26. The Morgan fingerprint density at radius 3 is 1.02 bits per heavy atom. The van der Waals surface area contributed by atoms with Gasteiger partial charge in [-0.2, -0.15) is 0 Å². The summed E-state index contributed by atoms with van der Waals surface area (Å²) in [5.74, 6) is 1.00. The lowest BCUT2D eigenvalue weighted by Gasteiger charge is -2.07. The predicted molar refractivity (Wildman–Crippen MR) is 233 cm³/mol. The smallest absolute Gasteiger partial charge is 0.248 e. The molecule has 0 saturated carbocycles. The van der Waals surface area contributed by atoms with Crippen molar-refractivity contribution >= 4 is 63.0 Å². The zero-order valence-corrected chi connectivity index (χ0v) is 31.1. The lowest BCUT2D eigenvalue weighted by molar-refractivity contribution is 0.584. The van der Waals surface area contributed by atoms with E-state index in [2.05, 4.69) is 168 Å². The van der Waals surface area contributed by atoms with Crippen LogP contribution in [-0.4, -0.2) is 10.2 Å². The minimum Gasteiger partial charge on any atom is -0.416 e. The number of thiophene rings is 2. The molecule has 0 radical (unpaired) electrons. The Kier molecular flexibility index (Phi) is 7.54. The average molecular weight is 739 g/mol. The summed E-state index contributed by atoms with van der Waals surface area (Å²) in [5, 5.41) is 14.1. The van der Waals surface area contributed by atoms with E-state index >= 15 is 0 Å². The van der Waals surface area contributed by atoms with Crippen molar-refractivity contribution in [2.24, 2.45) is 0 Å². The summed E-state index contributed by atoms with van der Waals surface area (Å²) < 4.78 is 11.5. The van der Waals surface area contributed by atoms with Gasteiger partial charge in [-0.15, -0.1) is 32.9 Å². The van der Waals surface area contributed by atoms with Crippen LogP contribution < -0.4 is 0 Å². The van der Waals surface area contributed by atoms with E-state index in [0.29, 0.717) is 11.8 Å². The molecule has 0 unspecified atom stereocenters. The first-order valence-electron chi connectivity index (χ1n) is 18.3. The van der Waals surface area contributed by atoms with Crippen LogP contribution in [0.5, 0.6) is 0 Å². The van der Waals surface area contributed by atoms with E-state index in [1.165, 1.54) is 62.6 Å². The molecule has 0 N–H and O–H groups in total. The molecule has 55 heavy (non-hydrogen) atoms. The SMILES string of the molecule is c1ccc2c(c1)sc1c(-c3ccc(-c4ccc(-c5nnc(-c6ccc(-c7ccc(-c8cccc9c8sc8ccccc89)cc7)cc6)o5)cc4)cc3)cccc12. The van der Waals surface area contributed by atoms with Crippen LogP contribution in [0.15, 0.2) is 186 Å². The van der Waals surface area contributed by atoms with Crippen LogP contribution in [0.25, 0.3) is 108 Å². The highest BCUT2D eigenvalue weighted by Gasteiger charge is 2.14. The molecule has 3 nitrogen and oxygen atoms in total. The fraction of sp³-hybridized carbons (Fsp3) is 0. The van der Waals surface area contributed by atoms with Crippen LogP contribution >= 0.6 is 22.7 Å². The molecule has 3 aromatic heterocycles. The average Bonchev–Trinajstić information content (AvgIpc) is 4.00. The van der Waals surface area contributed by atoms with Crippen LogP contribution in [0.2, 0.25) is 0 Å². The predicted octanol–water partition coefficient (Wildman–Crippen LogP) is 14.8. The summed E-state index contributed by atoms with van der Waals surface area (Å²) >= 11 is 3.73. The minimum atomic E-state index is 0.502. The zero-order chi connectivity index (χ0) is 36.3. The van der Waals surface area contributed by atoms with Crippen molar-refractivity contribution in [2.75, 3.05) is 0 Å². The molecule has 0 aliphatic heterocycles. The standard InChI is InChI=1S/C50H30N2OS2/c1-3-13-45-41(7-1)43-11-5-9-39(47(43)54-45)35-23-15-31(16-24-35)33-19-27-37(28-20-33)49-51-52-50(53-49)38-29-21-34(22-30-38)32-17-25-36(26-18-32)40-10-6-12-44-42-8-2-4-14-46(42)55-48(40)44/h1-30H. The van der Waals surface area contributed by atoms with Gasteiger partial charge in [-0.3, -0.25) is 0 Å². The summed E-state index contributed by atoms with van der Waals surface area (Å²) in [7, 11) is 0. The molecular formula is C50H30N2OS2. The molecule has 0 bridgehead atoms. The Balaban J connectivity index is 0.794. The van der Waals surface area contributed by atoms with Crippen molar-refractivity contribution < 1.29 is 4.42 Å². The van der Waals surface area contributed by atoms with Crippen molar-refractivity contribution in [2.45, 2.75) is 0 Å². The molecule has 0 aliphatic rings. The lowest BCUT2D eigenvalue weighted by Crippen LogP contribution is -1.82. The lowest BCUT2D eigenvalue weighted by atomic mass is 9.98. The molecule has 0 saturated heterocycles. The first-order chi connectivity index (χ1) is 27.2.